The first-order valence-electron chi connectivity index (χ1n) is 6.70. The lowest BCUT2D eigenvalue weighted by atomic mass is 10.4. The number of urea groups is 1. The Morgan fingerprint density at radius 2 is 2.16 bits per heavy atom. The average Bonchev–Trinajstić information content (AvgIpc) is 2.75. The van der Waals surface area contributed by atoms with Crippen LogP contribution in [0.3, 0.4) is 0 Å². The molecule has 0 radical (unpaired) electrons. The Morgan fingerprint density at radius 1 is 1.42 bits per heavy atom. The van der Waals surface area contributed by atoms with Gasteiger partial charge in [0.25, 0.3) is 0 Å². The Kier molecular flexibility index (Phi) is 6.95. The second-order valence-corrected chi connectivity index (χ2v) is 4.39. The van der Waals surface area contributed by atoms with Gasteiger partial charge in [0.1, 0.15) is 5.82 Å². The lowest BCUT2D eigenvalue weighted by molar-refractivity contribution is 0.185. The fourth-order valence-electron chi connectivity index (χ4n) is 1.79. The highest BCUT2D eigenvalue weighted by molar-refractivity contribution is 5.73. The van der Waals surface area contributed by atoms with Crippen molar-refractivity contribution in [3.05, 3.63) is 17.7 Å². The van der Waals surface area contributed by atoms with Crippen LogP contribution in [0.25, 0.3) is 0 Å². The Hall–Kier alpha value is -1.56. The number of nitrogens with zero attached hydrogens (tertiary/aromatic N) is 2. The van der Waals surface area contributed by atoms with Crippen molar-refractivity contribution in [2.75, 3.05) is 26.8 Å². The van der Waals surface area contributed by atoms with Gasteiger partial charge in [-0.05, 0) is 13.3 Å². The largest absolute Gasteiger partial charge is 0.383 e. The van der Waals surface area contributed by atoms with Crippen molar-refractivity contribution in [2.45, 2.75) is 33.2 Å². The summed E-state index contributed by atoms with van der Waals surface area (Å²) in [7, 11) is 1.69. The van der Waals surface area contributed by atoms with E-state index in [1.165, 1.54) is 0 Å². The van der Waals surface area contributed by atoms with Gasteiger partial charge in [-0.1, -0.05) is 6.92 Å². The predicted molar refractivity (Wildman–Crippen MR) is 74.2 cm³/mol. The van der Waals surface area contributed by atoms with Crippen LogP contribution in [0.5, 0.6) is 0 Å². The summed E-state index contributed by atoms with van der Waals surface area (Å²) in [4.78, 5) is 15.7. The van der Waals surface area contributed by atoms with Crippen LogP contribution < -0.4 is 10.6 Å². The van der Waals surface area contributed by atoms with Gasteiger partial charge in [0.15, 0.2) is 0 Å². The summed E-state index contributed by atoms with van der Waals surface area (Å²) in [5.41, 5.74) is 1.11. The van der Waals surface area contributed by atoms with Gasteiger partial charge in [-0.15, -0.1) is 0 Å². The molecule has 0 spiro atoms. The van der Waals surface area contributed by atoms with Crippen LogP contribution in [-0.2, 0) is 17.7 Å². The average molecular weight is 268 g/mol. The van der Waals surface area contributed by atoms with Gasteiger partial charge in [-0.25, -0.2) is 9.78 Å². The van der Waals surface area contributed by atoms with Gasteiger partial charge >= 0.3 is 6.03 Å². The van der Waals surface area contributed by atoms with Gasteiger partial charge in [0, 0.05) is 45.1 Å². The molecule has 0 aliphatic carbocycles. The second kappa shape index (κ2) is 8.53. The lowest BCUT2D eigenvalue weighted by Gasteiger charge is -2.10. The number of hydrogen-bond acceptors (Lipinski definition) is 3. The molecule has 1 rings (SSSR count). The molecule has 1 aromatic heterocycles. The monoisotopic (exact) mass is 268 g/mol. The Balaban J connectivity index is 2.38. The molecule has 0 atom stereocenters. The number of carbonyl (C=O) groups is 1. The Labute approximate surface area is 114 Å². The second-order valence-electron chi connectivity index (χ2n) is 4.39. The van der Waals surface area contributed by atoms with Gasteiger partial charge in [0.05, 0.1) is 6.61 Å². The van der Waals surface area contributed by atoms with Gasteiger partial charge < -0.3 is 19.9 Å². The molecule has 0 aromatic carbocycles. The number of aryl methyl sites for hydroxylation is 1. The molecule has 0 fully saturated rings. The van der Waals surface area contributed by atoms with E-state index in [0.29, 0.717) is 19.7 Å². The van der Waals surface area contributed by atoms with Crippen molar-refractivity contribution in [3.63, 3.8) is 0 Å². The maximum Gasteiger partial charge on any atom is 0.314 e. The molecule has 2 amide bonds. The highest BCUT2D eigenvalue weighted by atomic mass is 16.5. The number of imidazole rings is 1. The van der Waals surface area contributed by atoms with Crippen LogP contribution in [0.4, 0.5) is 4.79 Å². The third-order valence-electron chi connectivity index (χ3n) is 2.83. The van der Waals surface area contributed by atoms with Crippen LogP contribution in [0.2, 0.25) is 0 Å². The summed E-state index contributed by atoms with van der Waals surface area (Å²) in [5.74, 6) is 0.977. The number of methoxy groups -OCH3 is 1. The summed E-state index contributed by atoms with van der Waals surface area (Å²) < 4.78 is 7.20. The number of rotatable bonds is 8. The smallest absolute Gasteiger partial charge is 0.314 e. The quantitative estimate of drug-likeness (QED) is 0.741. The normalized spacial score (nSPS) is 10.5. The summed E-state index contributed by atoms with van der Waals surface area (Å²) in [6.45, 7) is 6.78. The molecule has 19 heavy (non-hydrogen) atoms. The molecule has 6 nitrogen and oxygen atoms in total. The first kappa shape index (κ1) is 15.5. The van der Waals surface area contributed by atoms with Crippen molar-refractivity contribution in [3.8, 4) is 0 Å². The van der Waals surface area contributed by atoms with E-state index in [2.05, 4.69) is 20.2 Å². The zero-order valence-electron chi connectivity index (χ0n) is 12.0. The maximum atomic E-state index is 11.4. The molecule has 2 N–H and O–H groups in total. The fourth-order valence-corrected chi connectivity index (χ4v) is 1.79. The Morgan fingerprint density at radius 3 is 2.84 bits per heavy atom. The summed E-state index contributed by atoms with van der Waals surface area (Å²) in [6, 6.07) is -0.117. The van der Waals surface area contributed by atoms with E-state index in [0.717, 1.165) is 30.9 Å². The third kappa shape index (κ3) is 5.30. The minimum atomic E-state index is -0.117. The van der Waals surface area contributed by atoms with Crippen molar-refractivity contribution in [1.29, 1.82) is 0 Å². The molecule has 0 aliphatic rings. The standard InChI is InChI=1S/C13H24N4O2/c1-4-6-14-13(18)15-7-5-12-16-10-11(2)17(12)8-9-19-3/h10H,4-9H2,1-3H3,(H2,14,15,18). The van der Waals surface area contributed by atoms with Crippen molar-refractivity contribution < 1.29 is 9.53 Å². The van der Waals surface area contributed by atoms with E-state index in [1.807, 2.05) is 20.0 Å². The SMILES string of the molecule is CCCNC(=O)NCCc1ncc(C)n1CCOC. The Bertz CT molecular complexity index is 390. The van der Waals surface area contributed by atoms with Crippen molar-refractivity contribution >= 4 is 6.03 Å². The molecule has 0 aliphatic heterocycles. The molecule has 1 aromatic rings. The number of ether oxygens (including phenoxy) is 1. The van der Waals surface area contributed by atoms with Crippen LogP contribution in [0, 0.1) is 6.92 Å². The van der Waals surface area contributed by atoms with E-state index < -0.39 is 0 Å². The first-order chi connectivity index (χ1) is 9.19. The number of carbonyl (C=O) groups excluding carboxylic acids is 1. The molecular weight excluding hydrogens is 244 g/mol. The fraction of sp³-hybridized carbons (Fsp3) is 0.692. The van der Waals surface area contributed by atoms with Gasteiger partial charge in [-0.3, -0.25) is 0 Å². The zero-order valence-corrected chi connectivity index (χ0v) is 12.0. The highest BCUT2D eigenvalue weighted by Crippen LogP contribution is 2.04. The van der Waals surface area contributed by atoms with Gasteiger partial charge in [0.2, 0.25) is 0 Å². The van der Waals surface area contributed by atoms with Crippen LogP contribution in [0.15, 0.2) is 6.20 Å². The zero-order chi connectivity index (χ0) is 14.1. The predicted octanol–water partition coefficient (Wildman–Crippen LogP) is 1.09. The van der Waals surface area contributed by atoms with E-state index in [9.17, 15) is 4.79 Å². The number of amides is 2. The summed E-state index contributed by atoms with van der Waals surface area (Å²) >= 11 is 0. The summed E-state index contributed by atoms with van der Waals surface area (Å²) in [6.07, 6.45) is 3.51. The van der Waals surface area contributed by atoms with Crippen LogP contribution in [-0.4, -0.2) is 42.4 Å². The van der Waals surface area contributed by atoms with E-state index in [-0.39, 0.29) is 6.03 Å². The molecule has 6 heteroatoms. The van der Waals surface area contributed by atoms with E-state index in [1.54, 1.807) is 7.11 Å². The van der Waals surface area contributed by atoms with Crippen LogP contribution >= 0.6 is 0 Å². The highest BCUT2D eigenvalue weighted by Gasteiger charge is 2.07. The molecule has 108 valence electrons. The van der Waals surface area contributed by atoms with Crippen molar-refractivity contribution in [1.82, 2.24) is 20.2 Å². The topological polar surface area (TPSA) is 68.2 Å². The third-order valence-corrected chi connectivity index (χ3v) is 2.83. The number of aromatic nitrogens is 2. The van der Waals surface area contributed by atoms with Crippen molar-refractivity contribution in [2.24, 2.45) is 0 Å². The molecule has 1 heterocycles. The number of hydrogen-bond donors (Lipinski definition) is 2. The minimum Gasteiger partial charge on any atom is -0.383 e. The first-order valence-corrected chi connectivity index (χ1v) is 6.70. The molecule has 0 unspecified atom stereocenters. The molecule has 0 saturated heterocycles. The van der Waals surface area contributed by atoms with E-state index >= 15 is 0 Å². The minimum absolute atomic E-state index is 0.117. The van der Waals surface area contributed by atoms with Gasteiger partial charge in [-0.2, -0.15) is 0 Å². The molecule has 0 bridgehead atoms. The number of nitrogens with one attached hydrogen (secondary N) is 2. The molecular formula is C13H24N4O2. The van der Waals surface area contributed by atoms with Crippen LogP contribution in [0.1, 0.15) is 24.9 Å². The molecule has 0 saturated carbocycles. The summed E-state index contributed by atoms with van der Waals surface area (Å²) in [5, 5.41) is 5.60. The van der Waals surface area contributed by atoms with E-state index in [4.69, 9.17) is 4.74 Å². The lowest BCUT2D eigenvalue weighted by Crippen LogP contribution is -2.37. The maximum absolute atomic E-state index is 11.4.